The predicted octanol–water partition coefficient (Wildman–Crippen LogP) is 4.79. The Morgan fingerprint density at radius 2 is 1.67 bits per heavy atom. The third-order valence-electron chi connectivity index (χ3n) is 5.13. The molecule has 21 heavy (non-hydrogen) atoms. The van der Waals surface area contributed by atoms with Crippen molar-refractivity contribution in [2.75, 3.05) is 6.54 Å². The van der Waals surface area contributed by atoms with Crippen molar-refractivity contribution in [1.82, 2.24) is 5.32 Å². The lowest BCUT2D eigenvalue weighted by Gasteiger charge is -2.19. The Morgan fingerprint density at radius 3 is 2.14 bits per heavy atom. The Morgan fingerprint density at radius 1 is 1.10 bits per heavy atom. The van der Waals surface area contributed by atoms with Crippen LogP contribution in [0.1, 0.15) is 49.8 Å². The molecule has 0 spiro atoms. The summed E-state index contributed by atoms with van der Waals surface area (Å²) < 4.78 is 38.0. The summed E-state index contributed by atoms with van der Waals surface area (Å²) in [5.74, 6) is 2.18. The molecule has 2 aliphatic rings. The van der Waals surface area contributed by atoms with Crippen molar-refractivity contribution in [3.63, 3.8) is 0 Å². The van der Waals surface area contributed by atoms with E-state index >= 15 is 0 Å². The summed E-state index contributed by atoms with van der Waals surface area (Å²) in [6.45, 7) is 2.91. The van der Waals surface area contributed by atoms with Gasteiger partial charge in [0.25, 0.3) is 0 Å². The van der Waals surface area contributed by atoms with Crippen LogP contribution >= 0.6 is 0 Å². The molecule has 1 N–H and O–H groups in total. The Hall–Kier alpha value is -1.03. The molecular weight excluding hydrogens is 275 g/mol. The van der Waals surface area contributed by atoms with E-state index < -0.39 is 11.7 Å². The average Bonchev–Trinajstić information content (AvgIpc) is 3.18. The minimum Gasteiger partial charge on any atom is -0.310 e. The van der Waals surface area contributed by atoms with Crippen LogP contribution in [0.3, 0.4) is 0 Å². The second kappa shape index (κ2) is 5.64. The first-order valence-electron chi connectivity index (χ1n) is 7.93. The fraction of sp³-hybridized carbons (Fsp3) is 0.647. The van der Waals surface area contributed by atoms with E-state index in [1.54, 1.807) is 12.1 Å². The van der Waals surface area contributed by atoms with Crippen LogP contribution in [0.2, 0.25) is 0 Å². The molecule has 0 radical (unpaired) electrons. The first kappa shape index (κ1) is 14.9. The lowest BCUT2D eigenvalue weighted by Crippen LogP contribution is -2.24. The molecule has 1 aromatic carbocycles. The predicted molar refractivity (Wildman–Crippen MR) is 76.8 cm³/mol. The third-order valence-corrected chi connectivity index (χ3v) is 5.13. The smallest absolute Gasteiger partial charge is 0.310 e. The molecule has 116 valence electrons. The van der Waals surface area contributed by atoms with Crippen molar-refractivity contribution >= 4 is 0 Å². The molecule has 1 aromatic rings. The molecular formula is C17H22F3N. The second-order valence-electron chi connectivity index (χ2n) is 6.34. The van der Waals surface area contributed by atoms with Crippen LogP contribution in [-0.2, 0) is 6.18 Å². The van der Waals surface area contributed by atoms with Crippen LogP contribution in [0.5, 0.6) is 0 Å². The van der Waals surface area contributed by atoms with Gasteiger partial charge in [-0.05, 0) is 54.8 Å². The topological polar surface area (TPSA) is 12.0 Å². The monoisotopic (exact) mass is 297 g/mol. The number of hydrogen-bond donors (Lipinski definition) is 1. The molecule has 3 rings (SSSR count). The van der Waals surface area contributed by atoms with E-state index in [1.165, 1.54) is 37.8 Å². The van der Waals surface area contributed by atoms with Crippen molar-refractivity contribution in [1.29, 1.82) is 0 Å². The molecule has 2 fully saturated rings. The summed E-state index contributed by atoms with van der Waals surface area (Å²) in [4.78, 5) is 0. The zero-order chi connectivity index (χ0) is 15.0. The second-order valence-corrected chi connectivity index (χ2v) is 6.34. The van der Waals surface area contributed by atoms with Gasteiger partial charge < -0.3 is 5.32 Å². The van der Waals surface area contributed by atoms with Gasteiger partial charge in [-0.1, -0.05) is 31.9 Å². The van der Waals surface area contributed by atoms with E-state index in [4.69, 9.17) is 0 Å². The highest BCUT2D eigenvalue weighted by Gasteiger charge is 2.54. The zero-order valence-corrected chi connectivity index (χ0v) is 12.3. The standard InChI is InChI=1S/C17H22F3N/c1-2-21-16(15-13-5-3-4-6-14(13)15)11-7-9-12(10-8-11)17(18,19)20/h7-10,13-16,21H,2-6H2,1H3. The molecule has 0 aromatic heterocycles. The van der Waals surface area contributed by atoms with Crippen LogP contribution in [-0.4, -0.2) is 6.54 Å². The van der Waals surface area contributed by atoms with E-state index in [0.717, 1.165) is 23.9 Å². The highest BCUT2D eigenvalue weighted by Crippen LogP contribution is 2.60. The Balaban J connectivity index is 1.78. The summed E-state index contributed by atoms with van der Waals surface area (Å²) in [5.41, 5.74) is 0.443. The summed E-state index contributed by atoms with van der Waals surface area (Å²) in [5, 5.41) is 3.49. The molecule has 4 heteroatoms. The van der Waals surface area contributed by atoms with Gasteiger partial charge in [0.2, 0.25) is 0 Å². The van der Waals surface area contributed by atoms with Crippen LogP contribution in [0.25, 0.3) is 0 Å². The molecule has 0 saturated heterocycles. The van der Waals surface area contributed by atoms with Crippen molar-refractivity contribution in [2.45, 2.75) is 44.8 Å². The number of alkyl halides is 3. The highest BCUT2D eigenvalue weighted by atomic mass is 19.4. The van der Waals surface area contributed by atoms with Gasteiger partial charge in [0.15, 0.2) is 0 Å². The number of nitrogens with one attached hydrogen (secondary N) is 1. The van der Waals surface area contributed by atoms with Crippen molar-refractivity contribution in [2.24, 2.45) is 17.8 Å². The first-order chi connectivity index (χ1) is 10.0. The fourth-order valence-electron chi connectivity index (χ4n) is 4.12. The number of fused-ring (bicyclic) bond motifs is 1. The Labute approximate surface area is 123 Å². The molecule has 2 aliphatic carbocycles. The Kier molecular flexibility index (Phi) is 4.00. The number of halogens is 3. The van der Waals surface area contributed by atoms with Gasteiger partial charge in [0.1, 0.15) is 0 Å². The largest absolute Gasteiger partial charge is 0.416 e. The van der Waals surface area contributed by atoms with Crippen LogP contribution < -0.4 is 5.32 Å². The van der Waals surface area contributed by atoms with Gasteiger partial charge in [-0.3, -0.25) is 0 Å². The fourth-order valence-corrected chi connectivity index (χ4v) is 4.12. The lowest BCUT2D eigenvalue weighted by atomic mass is 9.98. The summed E-state index contributed by atoms with van der Waals surface area (Å²) in [6, 6.07) is 5.95. The lowest BCUT2D eigenvalue weighted by molar-refractivity contribution is -0.137. The van der Waals surface area contributed by atoms with Crippen molar-refractivity contribution < 1.29 is 13.2 Å². The van der Waals surface area contributed by atoms with Crippen LogP contribution in [0, 0.1) is 17.8 Å². The number of benzene rings is 1. The normalized spacial score (nSPS) is 29.8. The van der Waals surface area contributed by atoms with Crippen LogP contribution in [0.15, 0.2) is 24.3 Å². The number of rotatable bonds is 4. The van der Waals surface area contributed by atoms with Gasteiger partial charge in [-0.2, -0.15) is 13.2 Å². The maximum Gasteiger partial charge on any atom is 0.416 e. The molecule has 2 saturated carbocycles. The minimum absolute atomic E-state index is 0.213. The average molecular weight is 297 g/mol. The van der Waals surface area contributed by atoms with Crippen molar-refractivity contribution in [3.05, 3.63) is 35.4 Å². The molecule has 0 heterocycles. The van der Waals surface area contributed by atoms with E-state index in [-0.39, 0.29) is 6.04 Å². The summed E-state index contributed by atoms with van der Waals surface area (Å²) in [7, 11) is 0. The summed E-state index contributed by atoms with van der Waals surface area (Å²) in [6.07, 6.45) is 0.947. The highest BCUT2D eigenvalue weighted by molar-refractivity contribution is 5.29. The maximum absolute atomic E-state index is 12.7. The summed E-state index contributed by atoms with van der Waals surface area (Å²) >= 11 is 0. The van der Waals surface area contributed by atoms with Gasteiger partial charge in [-0.25, -0.2) is 0 Å². The van der Waals surface area contributed by atoms with Crippen LogP contribution in [0.4, 0.5) is 13.2 Å². The Bertz CT molecular complexity index is 468. The molecule has 1 nitrogen and oxygen atoms in total. The molecule has 3 atom stereocenters. The molecule has 0 bridgehead atoms. The van der Waals surface area contributed by atoms with Crippen molar-refractivity contribution in [3.8, 4) is 0 Å². The van der Waals surface area contributed by atoms with E-state index in [0.29, 0.717) is 5.92 Å². The van der Waals surface area contributed by atoms with E-state index in [1.807, 2.05) is 0 Å². The van der Waals surface area contributed by atoms with Gasteiger partial charge >= 0.3 is 6.18 Å². The van der Waals surface area contributed by atoms with Gasteiger partial charge in [-0.15, -0.1) is 0 Å². The number of hydrogen-bond acceptors (Lipinski definition) is 1. The zero-order valence-electron chi connectivity index (χ0n) is 12.3. The van der Waals surface area contributed by atoms with E-state index in [9.17, 15) is 13.2 Å². The SMILES string of the molecule is CCNC(c1ccc(C(F)(F)F)cc1)C1C2CCCCC21. The minimum atomic E-state index is -4.25. The molecule has 0 amide bonds. The van der Waals surface area contributed by atoms with Gasteiger partial charge in [0, 0.05) is 6.04 Å². The maximum atomic E-state index is 12.7. The van der Waals surface area contributed by atoms with E-state index in [2.05, 4.69) is 12.2 Å². The molecule has 3 unspecified atom stereocenters. The quantitative estimate of drug-likeness (QED) is 0.842. The third kappa shape index (κ3) is 2.96. The van der Waals surface area contributed by atoms with Gasteiger partial charge in [0.05, 0.1) is 5.56 Å². The first-order valence-corrected chi connectivity index (χ1v) is 7.93. The molecule has 0 aliphatic heterocycles.